The number of nitrogens with two attached hydrogens (primary N) is 3. The van der Waals surface area contributed by atoms with Gasteiger partial charge in [-0.05, 0) is 120 Å². The number of para-hydroxylation sites is 3. The molecule has 3 aliphatic rings. The van der Waals surface area contributed by atoms with Crippen LogP contribution in [0.4, 0.5) is 22.2 Å². The summed E-state index contributed by atoms with van der Waals surface area (Å²) >= 11 is 6.35. The molecule has 4 aromatic carbocycles. The predicted octanol–water partition coefficient (Wildman–Crippen LogP) is 12.5. The van der Waals surface area contributed by atoms with Crippen molar-refractivity contribution >= 4 is 96.3 Å². The number of carbonyl (C=O) groups is 3. The minimum atomic E-state index is -0.706. The van der Waals surface area contributed by atoms with Crippen molar-refractivity contribution in [2.24, 2.45) is 11.8 Å². The summed E-state index contributed by atoms with van der Waals surface area (Å²) in [4.78, 5) is 75.7. The van der Waals surface area contributed by atoms with Crippen LogP contribution >= 0.6 is 11.6 Å². The number of hydrogen-bond acceptors (Lipinski definition) is 17. The highest BCUT2D eigenvalue weighted by atomic mass is 35.5. The number of piperidine rings is 1. The van der Waals surface area contributed by atoms with Crippen LogP contribution in [0.15, 0.2) is 128 Å². The number of aromatic amines is 3. The van der Waals surface area contributed by atoms with Gasteiger partial charge in [0.15, 0.2) is 11.6 Å². The number of carboxylic acid groups (broad SMARTS) is 1. The van der Waals surface area contributed by atoms with Gasteiger partial charge in [0, 0.05) is 72.4 Å². The van der Waals surface area contributed by atoms with E-state index < -0.39 is 5.97 Å². The van der Waals surface area contributed by atoms with Crippen LogP contribution < -0.4 is 32.0 Å². The number of rotatable bonds is 13. The van der Waals surface area contributed by atoms with Crippen molar-refractivity contribution in [2.75, 3.05) is 44.4 Å². The summed E-state index contributed by atoms with van der Waals surface area (Å²) in [5.74, 6) is 4.96. The van der Waals surface area contributed by atoms with Gasteiger partial charge in [-0.15, -0.1) is 0 Å². The van der Waals surface area contributed by atoms with Gasteiger partial charge in [-0.1, -0.05) is 78.3 Å². The van der Waals surface area contributed by atoms with Crippen molar-refractivity contribution in [3.63, 3.8) is 0 Å². The highest BCUT2D eigenvalue weighted by Crippen LogP contribution is 2.43. The summed E-state index contributed by atoms with van der Waals surface area (Å²) in [6, 6.07) is 33.4. The van der Waals surface area contributed by atoms with E-state index in [4.69, 9.17) is 58.0 Å². The highest BCUT2D eigenvalue weighted by molar-refractivity contribution is 6.35. The molecule has 2 amide bonds. The number of imidazole rings is 3. The maximum atomic E-state index is 12.6. The second kappa shape index (κ2) is 27.7. The Bertz CT molecular complexity index is 5130. The maximum Gasteiger partial charge on any atom is 0.410 e. The quantitative estimate of drug-likeness (QED) is 0.0531. The van der Waals surface area contributed by atoms with Crippen LogP contribution in [0.3, 0.4) is 0 Å². The molecule has 3 fully saturated rings. The van der Waals surface area contributed by atoms with E-state index in [9.17, 15) is 19.5 Å². The van der Waals surface area contributed by atoms with Gasteiger partial charge in [0.05, 0.1) is 57.8 Å². The molecule has 0 atom stereocenters. The van der Waals surface area contributed by atoms with Crippen LogP contribution in [-0.4, -0.2) is 130 Å². The van der Waals surface area contributed by atoms with Gasteiger partial charge < -0.3 is 61.7 Å². The number of anilines is 3. The average molecular weight is 1350 g/mol. The largest absolute Gasteiger partial charge is 0.495 e. The number of aromatic nitrogens is 14. The highest BCUT2D eigenvalue weighted by Gasteiger charge is 2.34. The van der Waals surface area contributed by atoms with Gasteiger partial charge in [0.1, 0.15) is 87.7 Å². The molecule has 27 heteroatoms. The lowest BCUT2D eigenvalue weighted by Crippen LogP contribution is -2.38. The number of H-pyrrole nitrogens is 3. The Labute approximate surface area is 572 Å². The fourth-order valence-corrected chi connectivity index (χ4v) is 14.5. The monoisotopic (exact) mass is 1350 g/mol. The summed E-state index contributed by atoms with van der Waals surface area (Å²) < 4.78 is 22.6. The zero-order chi connectivity index (χ0) is 68.6. The zero-order valence-corrected chi connectivity index (χ0v) is 55.9. The lowest BCUT2D eigenvalue weighted by Gasteiger charge is -2.30. The number of methoxy groups -OCH3 is 1. The molecule has 26 nitrogen and oxygen atoms in total. The van der Waals surface area contributed by atoms with Gasteiger partial charge in [0.25, 0.3) is 0 Å². The number of benzene rings is 4. The molecule has 508 valence electrons. The SMILES string of the molecule is CC(C)Oc1cccc2cc(-c3nc(C4CCC(C(=O)O)CC4)n4ccnc(N)c34)[nH]c12.CNC(=O)C1CCC(c2nc(-c3cc4cccc(Cl)c4[nH]3)c3c(N)ncnn23)CC1.COc1cccc2cc(-c3nc(C4CCN(C(=O)OCc5ccccc5)CC4)n4ncnc(N)c34)[nH]c12. The number of halogens is 1. The minimum absolute atomic E-state index is 0.0625. The Morgan fingerprint density at radius 2 is 1.10 bits per heavy atom. The molecule has 9 aromatic heterocycles. The standard InChI is InChI=1S/C27H27N7O3.C24H27N5O3.C21H22ClN7O/c1-36-21-9-5-8-19-14-20(31-22(19)21)23-24-25(28)29-16-30-34(24)26(32-23)18-10-12-33(13-11-18)27(35)37-15-17-6-3-2-4-7-17;1-13(2)32-18-5-3-4-16-12-17(27-19(16)18)20-21-22(25)26-10-11-29(21)23(28-20)14-6-8-15(9-7-14)24(30)31;1-24-21(30)12-7-5-11(6-8-12)20-28-17(18-19(23)25-10-26-29(18)20)15-9-13-3-2-4-14(22)16(13)27-15/h2-9,14,16,18,31H,10-13,15H2,1H3,(H2,28,29,30);3-5,10-15,27H,6-9H2,1-2H3,(H2,25,26)(H,30,31);2-4,9-12,27H,5-8H2,1H3,(H,24,30)(H2,23,25,26). The number of carbonyl (C=O) groups excluding carboxylic acids is 2. The third kappa shape index (κ3) is 12.9. The predicted molar refractivity (Wildman–Crippen MR) is 378 cm³/mol. The molecule has 0 radical (unpaired) electrons. The lowest BCUT2D eigenvalue weighted by molar-refractivity contribution is -0.142. The number of ether oxygens (including phenoxy) is 3. The molecule has 16 rings (SSSR count). The van der Waals surface area contributed by atoms with E-state index in [0.717, 1.165) is 147 Å². The van der Waals surface area contributed by atoms with Crippen LogP contribution in [-0.2, 0) is 20.9 Å². The molecular formula is C72H76ClN19O7. The number of nitrogens with one attached hydrogen (secondary N) is 4. The number of nitrogen functional groups attached to an aromatic ring is 3. The third-order valence-corrected chi connectivity index (χ3v) is 19.6. The topological polar surface area (TPSA) is 356 Å². The van der Waals surface area contributed by atoms with E-state index in [1.54, 1.807) is 34.3 Å². The van der Waals surface area contributed by atoms with Gasteiger partial charge in [-0.2, -0.15) is 10.2 Å². The van der Waals surface area contributed by atoms with Crippen molar-refractivity contribution in [2.45, 2.75) is 109 Å². The smallest absolute Gasteiger partial charge is 0.410 e. The molecule has 2 aliphatic carbocycles. The lowest BCUT2D eigenvalue weighted by atomic mass is 9.81. The molecule has 1 aliphatic heterocycles. The fourth-order valence-electron chi connectivity index (χ4n) is 14.2. The van der Waals surface area contributed by atoms with Crippen molar-refractivity contribution in [3.8, 4) is 45.7 Å². The molecule has 1 saturated heterocycles. The van der Waals surface area contributed by atoms with E-state index in [1.165, 1.54) is 12.7 Å². The normalized spacial score (nSPS) is 17.4. The first kappa shape index (κ1) is 65.0. The first-order valence-electron chi connectivity index (χ1n) is 33.3. The van der Waals surface area contributed by atoms with Crippen LogP contribution in [0.5, 0.6) is 11.5 Å². The summed E-state index contributed by atoms with van der Waals surface area (Å²) in [5, 5.41) is 24.7. The van der Waals surface area contributed by atoms with Crippen LogP contribution in [0.2, 0.25) is 5.02 Å². The van der Waals surface area contributed by atoms with E-state index in [2.05, 4.69) is 51.5 Å². The number of amides is 2. The molecule has 99 heavy (non-hydrogen) atoms. The van der Waals surface area contributed by atoms with Gasteiger partial charge in [-0.3, -0.25) is 14.0 Å². The van der Waals surface area contributed by atoms with Crippen LogP contribution in [0.1, 0.15) is 119 Å². The first-order chi connectivity index (χ1) is 48.1. The summed E-state index contributed by atoms with van der Waals surface area (Å²) in [6.45, 7) is 5.42. The summed E-state index contributed by atoms with van der Waals surface area (Å²) in [5.41, 5.74) is 29.2. The van der Waals surface area contributed by atoms with E-state index in [1.807, 2.05) is 122 Å². The Morgan fingerprint density at radius 3 is 1.66 bits per heavy atom. The van der Waals surface area contributed by atoms with Gasteiger partial charge >= 0.3 is 12.1 Å². The molecule has 0 unspecified atom stereocenters. The number of fused-ring (bicyclic) bond motifs is 6. The Morgan fingerprint density at radius 1 is 0.606 bits per heavy atom. The van der Waals surface area contributed by atoms with E-state index in [-0.39, 0.29) is 54.3 Å². The Hall–Kier alpha value is -11.3. The fraction of sp³-hybridized carbons (Fsp3) is 0.319. The Kier molecular flexibility index (Phi) is 18.2. The van der Waals surface area contributed by atoms with Crippen molar-refractivity contribution < 1.29 is 33.7 Å². The van der Waals surface area contributed by atoms with Crippen molar-refractivity contribution in [3.05, 3.63) is 156 Å². The number of hydrogen-bond donors (Lipinski definition) is 8. The number of carboxylic acids is 1. The minimum Gasteiger partial charge on any atom is -0.495 e. The van der Waals surface area contributed by atoms with E-state index >= 15 is 0 Å². The van der Waals surface area contributed by atoms with Gasteiger partial charge in [-0.25, -0.2) is 43.7 Å². The van der Waals surface area contributed by atoms with Crippen LogP contribution in [0, 0.1) is 11.8 Å². The molecule has 11 N–H and O–H groups in total. The second-order valence-corrected chi connectivity index (χ2v) is 26.1. The van der Waals surface area contributed by atoms with Crippen molar-refractivity contribution in [1.82, 2.24) is 78.7 Å². The maximum absolute atomic E-state index is 12.6. The molecular weight excluding hydrogens is 1280 g/mol. The molecule has 10 heterocycles. The van der Waals surface area contributed by atoms with Gasteiger partial charge in [0.2, 0.25) is 5.91 Å². The molecule has 2 saturated carbocycles. The van der Waals surface area contributed by atoms with E-state index in [0.29, 0.717) is 70.8 Å². The average Bonchev–Trinajstić information content (AvgIpc) is 1.62. The number of nitrogens with zero attached hydrogens (tertiary/aromatic N) is 12. The Balaban J connectivity index is 0.000000127. The second-order valence-electron chi connectivity index (χ2n) is 25.7. The summed E-state index contributed by atoms with van der Waals surface area (Å²) in [6.07, 6.45) is 14.0. The van der Waals surface area contributed by atoms with Crippen molar-refractivity contribution in [1.29, 1.82) is 0 Å². The summed E-state index contributed by atoms with van der Waals surface area (Å²) in [7, 11) is 3.34. The molecule has 0 bridgehead atoms. The molecule has 0 spiro atoms. The number of aliphatic carboxylic acids is 1. The molecule has 13 aromatic rings. The third-order valence-electron chi connectivity index (χ3n) is 19.2. The first-order valence-corrected chi connectivity index (χ1v) is 33.7. The number of likely N-dealkylation sites (tertiary alicyclic amines) is 1. The zero-order valence-electron chi connectivity index (χ0n) is 55.2. The van der Waals surface area contributed by atoms with Crippen LogP contribution in [0.25, 0.3) is 83.4 Å².